The Balaban J connectivity index is 2.64. The number of halogens is 2. The Kier molecular flexibility index (Phi) is 2.89. The van der Waals surface area contributed by atoms with Gasteiger partial charge in [-0.2, -0.15) is 0 Å². The molecule has 0 aliphatic heterocycles. The maximum atomic E-state index is 6.09. The molecule has 0 spiro atoms. The zero-order valence-corrected chi connectivity index (χ0v) is 9.55. The van der Waals surface area contributed by atoms with Gasteiger partial charge >= 0.3 is 0 Å². The maximum absolute atomic E-state index is 6.09. The molecular formula is C11H8Cl2N2. The van der Waals surface area contributed by atoms with Gasteiger partial charge in [-0.15, -0.1) is 0 Å². The molecule has 0 radical (unpaired) electrons. The third-order valence-corrected chi connectivity index (χ3v) is 2.71. The van der Waals surface area contributed by atoms with E-state index in [2.05, 4.69) is 9.97 Å². The first-order valence-electron chi connectivity index (χ1n) is 4.40. The van der Waals surface area contributed by atoms with E-state index in [0.717, 1.165) is 16.7 Å². The smallest absolute Gasteiger partial charge is 0.140 e. The Labute approximate surface area is 97.9 Å². The summed E-state index contributed by atoms with van der Waals surface area (Å²) in [6.07, 6.45) is 3.07. The summed E-state index contributed by atoms with van der Waals surface area (Å²) >= 11 is 12.1. The lowest BCUT2D eigenvalue weighted by Crippen LogP contribution is -1.87. The molecule has 0 fully saturated rings. The Bertz CT molecular complexity index is 498. The molecule has 1 heterocycles. The molecule has 0 aliphatic carbocycles. The Morgan fingerprint density at radius 3 is 2.67 bits per heavy atom. The highest BCUT2D eigenvalue weighted by atomic mass is 35.5. The minimum absolute atomic E-state index is 0.414. The van der Waals surface area contributed by atoms with E-state index in [4.69, 9.17) is 23.2 Å². The summed E-state index contributed by atoms with van der Waals surface area (Å²) in [5.74, 6) is 0. The standard InChI is InChI=1S/C11H8Cl2N2/c1-7-2-3-10(12)8(4-7)9-5-14-6-15-11(9)13/h2-6H,1H3. The molecule has 0 bridgehead atoms. The summed E-state index contributed by atoms with van der Waals surface area (Å²) < 4.78 is 0. The predicted molar refractivity (Wildman–Crippen MR) is 62.2 cm³/mol. The minimum atomic E-state index is 0.414. The van der Waals surface area contributed by atoms with Crippen molar-refractivity contribution in [2.24, 2.45) is 0 Å². The van der Waals surface area contributed by atoms with Crippen LogP contribution in [0.5, 0.6) is 0 Å². The number of aryl methyl sites for hydroxylation is 1. The minimum Gasteiger partial charge on any atom is -0.244 e. The molecule has 0 unspecified atom stereocenters. The third kappa shape index (κ3) is 2.11. The fraction of sp³-hybridized carbons (Fsp3) is 0.0909. The molecular weight excluding hydrogens is 231 g/mol. The molecule has 0 N–H and O–H groups in total. The lowest BCUT2D eigenvalue weighted by molar-refractivity contribution is 1.17. The highest BCUT2D eigenvalue weighted by molar-refractivity contribution is 6.35. The monoisotopic (exact) mass is 238 g/mol. The molecule has 2 nitrogen and oxygen atoms in total. The summed E-state index contributed by atoms with van der Waals surface area (Å²) in [5.41, 5.74) is 2.74. The van der Waals surface area contributed by atoms with Crippen LogP contribution < -0.4 is 0 Å². The highest BCUT2D eigenvalue weighted by Gasteiger charge is 2.08. The summed E-state index contributed by atoms with van der Waals surface area (Å²) in [5, 5.41) is 1.06. The van der Waals surface area contributed by atoms with Crippen molar-refractivity contribution in [1.82, 2.24) is 9.97 Å². The molecule has 0 saturated heterocycles. The SMILES string of the molecule is Cc1ccc(Cl)c(-c2cncnc2Cl)c1. The van der Waals surface area contributed by atoms with Crippen molar-refractivity contribution in [3.05, 3.63) is 46.5 Å². The summed E-state index contributed by atoms with van der Waals surface area (Å²) in [4.78, 5) is 7.86. The largest absolute Gasteiger partial charge is 0.244 e. The van der Waals surface area contributed by atoms with Crippen LogP contribution in [0.15, 0.2) is 30.7 Å². The van der Waals surface area contributed by atoms with E-state index >= 15 is 0 Å². The van der Waals surface area contributed by atoms with Crippen LogP contribution in [0, 0.1) is 6.92 Å². The number of hydrogen-bond acceptors (Lipinski definition) is 2. The van der Waals surface area contributed by atoms with Crippen molar-refractivity contribution in [1.29, 1.82) is 0 Å². The first kappa shape index (κ1) is 10.4. The number of rotatable bonds is 1. The van der Waals surface area contributed by atoms with E-state index in [1.807, 2.05) is 25.1 Å². The van der Waals surface area contributed by atoms with Crippen LogP contribution in [-0.4, -0.2) is 9.97 Å². The summed E-state index contributed by atoms with van der Waals surface area (Å²) in [6, 6.07) is 5.76. The zero-order chi connectivity index (χ0) is 10.8. The van der Waals surface area contributed by atoms with E-state index < -0.39 is 0 Å². The van der Waals surface area contributed by atoms with Crippen LogP contribution in [0.2, 0.25) is 10.2 Å². The van der Waals surface area contributed by atoms with Crippen LogP contribution >= 0.6 is 23.2 Å². The molecule has 0 atom stereocenters. The first-order chi connectivity index (χ1) is 7.18. The van der Waals surface area contributed by atoms with Gasteiger partial charge in [-0.05, 0) is 19.1 Å². The van der Waals surface area contributed by atoms with Gasteiger partial charge in [0.1, 0.15) is 11.5 Å². The van der Waals surface area contributed by atoms with Gasteiger partial charge in [0.05, 0.1) is 0 Å². The Hall–Kier alpha value is -1.12. The highest BCUT2D eigenvalue weighted by Crippen LogP contribution is 2.31. The number of aromatic nitrogens is 2. The molecule has 1 aromatic carbocycles. The van der Waals surface area contributed by atoms with E-state index in [-0.39, 0.29) is 0 Å². The molecule has 15 heavy (non-hydrogen) atoms. The van der Waals surface area contributed by atoms with Crippen molar-refractivity contribution in [3.8, 4) is 11.1 Å². The topological polar surface area (TPSA) is 25.8 Å². The molecule has 1 aromatic heterocycles. The van der Waals surface area contributed by atoms with Crippen LogP contribution in [0.4, 0.5) is 0 Å². The molecule has 76 valence electrons. The van der Waals surface area contributed by atoms with E-state index in [9.17, 15) is 0 Å². The van der Waals surface area contributed by atoms with Gasteiger partial charge < -0.3 is 0 Å². The number of nitrogens with zero attached hydrogens (tertiary/aromatic N) is 2. The molecule has 2 rings (SSSR count). The van der Waals surface area contributed by atoms with Gasteiger partial charge in [0, 0.05) is 22.3 Å². The van der Waals surface area contributed by atoms with E-state index in [0.29, 0.717) is 10.2 Å². The Morgan fingerprint density at radius 1 is 1.13 bits per heavy atom. The van der Waals surface area contributed by atoms with Gasteiger partial charge in [0.2, 0.25) is 0 Å². The fourth-order valence-corrected chi connectivity index (χ4v) is 1.75. The maximum Gasteiger partial charge on any atom is 0.140 e. The van der Waals surface area contributed by atoms with Crippen molar-refractivity contribution in [3.63, 3.8) is 0 Å². The van der Waals surface area contributed by atoms with Crippen molar-refractivity contribution >= 4 is 23.2 Å². The number of hydrogen-bond donors (Lipinski definition) is 0. The molecule has 4 heteroatoms. The normalized spacial score (nSPS) is 10.3. The first-order valence-corrected chi connectivity index (χ1v) is 5.16. The van der Waals surface area contributed by atoms with Crippen molar-refractivity contribution in [2.45, 2.75) is 6.92 Å². The summed E-state index contributed by atoms with van der Waals surface area (Å²) in [6.45, 7) is 2.00. The van der Waals surface area contributed by atoms with E-state index in [1.54, 1.807) is 6.20 Å². The fourth-order valence-electron chi connectivity index (χ4n) is 1.34. The summed E-state index contributed by atoms with van der Waals surface area (Å²) in [7, 11) is 0. The van der Waals surface area contributed by atoms with Gasteiger partial charge in [-0.3, -0.25) is 0 Å². The van der Waals surface area contributed by atoms with Gasteiger partial charge in [0.15, 0.2) is 0 Å². The quantitative estimate of drug-likeness (QED) is 0.708. The van der Waals surface area contributed by atoms with Gasteiger partial charge in [-0.25, -0.2) is 9.97 Å². The van der Waals surface area contributed by atoms with Crippen molar-refractivity contribution < 1.29 is 0 Å². The molecule has 0 saturated carbocycles. The average molecular weight is 239 g/mol. The van der Waals surface area contributed by atoms with Crippen LogP contribution in [0.3, 0.4) is 0 Å². The second kappa shape index (κ2) is 4.17. The van der Waals surface area contributed by atoms with Crippen LogP contribution in [0.25, 0.3) is 11.1 Å². The van der Waals surface area contributed by atoms with Gasteiger partial charge in [0.25, 0.3) is 0 Å². The second-order valence-corrected chi connectivity index (χ2v) is 3.98. The van der Waals surface area contributed by atoms with Crippen LogP contribution in [-0.2, 0) is 0 Å². The zero-order valence-electron chi connectivity index (χ0n) is 8.04. The lowest BCUT2D eigenvalue weighted by atomic mass is 10.1. The van der Waals surface area contributed by atoms with E-state index in [1.165, 1.54) is 6.33 Å². The average Bonchev–Trinajstić information content (AvgIpc) is 2.23. The molecule has 0 aliphatic rings. The predicted octanol–water partition coefficient (Wildman–Crippen LogP) is 3.76. The third-order valence-electron chi connectivity index (χ3n) is 2.08. The second-order valence-electron chi connectivity index (χ2n) is 3.21. The van der Waals surface area contributed by atoms with Gasteiger partial charge in [-0.1, -0.05) is 34.8 Å². The number of benzene rings is 1. The van der Waals surface area contributed by atoms with Crippen molar-refractivity contribution in [2.75, 3.05) is 0 Å². The molecule has 0 amide bonds. The molecule has 2 aromatic rings. The lowest BCUT2D eigenvalue weighted by Gasteiger charge is -2.06. The van der Waals surface area contributed by atoms with Crippen LogP contribution in [0.1, 0.15) is 5.56 Å². The Morgan fingerprint density at radius 2 is 1.93 bits per heavy atom.